The fourth-order valence-electron chi connectivity index (χ4n) is 9.00. The second-order valence-corrected chi connectivity index (χ2v) is 12.5. The van der Waals surface area contributed by atoms with Crippen molar-refractivity contribution in [1.29, 1.82) is 0 Å². The molecule has 1 N–H and O–H groups in total. The van der Waals surface area contributed by atoms with Crippen molar-refractivity contribution in [2.24, 2.45) is 39.9 Å². The predicted molar refractivity (Wildman–Crippen MR) is 128 cm³/mol. The fourth-order valence-corrected chi connectivity index (χ4v) is 9.00. The lowest BCUT2D eigenvalue weighted by Gasteiger charge is -2.61. The summed E-state index contributed by atoms with van der Waals surface area (Å²) in [5.41, 5.74) is 4.02. The molecule has 30 heavy (non-hydrogen) atoms. The van der Waals surface area contributed by atoms with Gasteiger partial charge < -0.3 is 5.11 Å². The number of aliphatic hydroxyl groups excluding tert-OH is 1. The molecule has 170 valence electrons. The molecular weight excluding hydrogens is 364 g/mol. The second kappa shape index (κ2) is 8.09. The van der Waals surface area contributed by atoms with Crippen LogP contribution in [0.2, 0.25) is 0 Å². The van der Waals surface area contributed by atoms with Gasteiger partial charge in [0.05, 0.1) is 6.10 Å². The zero-order valence-corrected chi connectivity index (χ0v) is 20.8. The highest BCUT2D eigenvalue weighted by molar-refractivity contribution is 5.31. The highest BCUT2D eigenvalue weighted by atomic mass is 16.3. The van der Waals surface area contributed by atoms with Crippen molar-refractivity contribution in [3.05, 3.63) is 23.3 Å². The summed E-state index contributed by atoms with van der Waals surface area (Å²) in [4.78, 5) is 0. The van der Waals surface area contributed by atoms with Crippen LogP contribution in [0.4, 0.5) is 0 Å². The maximum Gasteiger partial charge on any atom is 0.0631 e. The van der Waals surface area contributed by atoms with E-state index in [1.807, 2.05) is 0 Å². The summed E-state index contributed by atoms with van der Waals surface area (Å²) in [7, 11) is 0. The van der Waals surface area contributed by atoms with Gasteiger partial charge in [-0.1, -0.05) is 51.0 Å². The van der Waals surface area contributed by atoms with E-state index >= 15 is 0 Å². The van der Waals surface area contributed by atoms with Gasteiger partial charge in [0.15, 0.2) is 0 Å². The number of fused-ring (bicyclic) bond motifs is 5. The third-order valence-electron chi connectivity index (χ3n) is 11.0. The van der Waals surface area contributed by atoms with E-state index in [-0.39, 0.29) is 11.5 Å². The van der Waals surface area contributed by atoms with Gasteiger partial charge in [0.2, 0.25) is 0 Å². The molecule has 3 fully saturated rings. The molecule has 0 heterocycles. The highest BCUT2D eigenvalue weighted by Crippen LogP contribution is 2.68. The van der Waals surface area contributed by atoms with Gasteiger partial charge in [-0.25, -0.2) is 0 Å². The number of allylic oxidation sites excluding steroid dienone is 3. The molecule has 0 radical (unpaired) electrons. The number of unbranched alkanes of at least 4 members (excludes halogenated alkanes) is 1. The van der Waals surface area contributed by atoms with Crippen LogP contribution in [0.25, 0.3) is 0 Å². The van der Waals surface area contributed by atoms with Crippen molar-refractivity contribution in [1.82, 2.24) is 0 Å². The number of rotatable bonds is 5. The lowest BCUT2D eigenvalue weighted by Crippen LogP contribution is -2.55. The summed E-state index contributed by atoms with van der Waals surface area (Å²) in [6.45, 7) is 14.4. The summed E-state index contributed by atoms with van der Waals surface area (Å²) < 4.78 is 0. The molecule has 8 atom stereocenters. The Labute approximate surface area is 186 Å². The summed E-state index contributed by atoms with van der Waals surface area (Å²) in [6, 6.07) is 0. The molecule has 0 spiro atoms. The third-order valence-corrected chi connectivity index (χ3v) is 11.0. The van der Waals surface area contributed by atoms with E-state index < -0.39 is 0 Å². The maximum absolute atomic E-state index is 10.9. The minimum atomic E-state index is -0.149. The SMILES string of the molecule is CCC1(C)C2=CCC3C(CCC4(C)C(CCCC=C(C)C)CCC34)C2(C)CCC1O. The van der Waals surface area contributed by atoms with E-state index in [0.717, 1.165) is 36.5 Å². The second-order valence-electron chi connectivity index (χ2n) is 12.5. The van der Waals surface area contributed by atoms with Crippen LogP contribution in [0.3, 0.4) is 0 Å². The molecule has 0 aromatic carbocycles. The predicted octanol–water partition coefficient (Wildman–Crippen LogP) is 8.09. The lowest BCUT2D eigenvalue weighted by atomic mass is 9.44. The van der Waals surface area contributed by atoms with Gasteiger partial charge >= 0.3 is 0 Å². The molecular formula is C29H48O. The Kier molecular flexibility index (Phi) is 6.10. The average molecular weight is 413 g/mol. The quantitative estimate of drug-likeness (QED) is 0.357. The largest absolute Gasteiger partial charge is 0.392 e. The van der Waals surface area contributed by atoms with Crippen molar-refractivity contribution in [2.45, 2.75) is 118 Å². The normalized spacial score (nSPS) is 47.7. The minimum absolute atomic E-state index is 0.00184. The number of hydrogen-bond acceptors (Lipinski definition) is 1. The Balaban J connectivity index is 1.54. The molecule has 0 aromatic heterocycles. The highest BCUT2D eigenvalue weighted by Gasteiger charge is 2.60. The molecule has 0 amide bonds. The lowest BCUT2D eigenvalue weighted by molar-refractivity contribution is -0.0786. The van der Waals surface area contributed by atoms with Gasteiger partial charge in [-0.05, 0) is 119 Å². The molecule has 4 aliphatic carbocycles. The van der Waals surface area contributed by atoms with Crippen LogP contribution >= 0.6 is 0 Å². The Morgan fingerprint density at radius 3 is 2.53 bits per heavy atom. The average Bonchev–Trinajstić information content (AvgIpc) is 3.04. The standard InChI is InChI=1S/C29H48O/c1-7-27(4)25-15-13-22-23-14-12-21(11-9-8-10-20(2)3)28(23,5)18-16-24(22)29(25,6)19-17-26(27)30/h10,15,21-24,26,30H,7-9,11-14,16-19H2,1-6H3. The van der Waals surface area contributed by atoms with Crippen LogP contribution in [0.1, 0.15) is 112 Å². The van der Waals surface area contributed by atoms with Crippen LogP contribution < -0.4 is 0 Å². The zero-order valence-electron chi connectivity index (χ0n) is 20.8. The van der Waals surface area contributed by atoms with Crippen molar-refractivity contribution >= 4 is 0 Å². The van der Waals surface area contributed by atoms with Crippen LogP contribution in [0, 0.1) is 39.9 Å². The van der Waals surface area contributed by atoms with Gasteiger partial charge in [0.1, 0.15) is 0 Å². The first kappa shape index (κ1) is 22.6. The van der Waals surface area contributed by atoms with Gasteiger partial charge in [0.25, 0.3) is 0 Å². The Bertz CT molecular complexity index is 699. The first-order valence-corrected chi connectivity index (χ1v) is 13.2. The van der Waals surface area contributed by atoms with E-state index in [1.54, 1.807) is 5.57 Å². The van der Waals surface area contributed by atoms with Crippen molar-refractivity contribution in [3.8, 4) is 0 Å². The molecule has 0 aliphatic heterocycles. The molecule has 8 unspecified atom stereocenters. The number of hydrogen-bond donors (Lipinski definition) is 1. The van der Waals surface area contributed by atoms with Crippen molar-refractivity contribution in [2.75, 3.05) is 0 Å². The Hall–Kier alpha value is -0.560. The van der Waals surface area contributed by atoms with Gasteiger partial charge in [0, 0.05) is 5.41 Å². The molecule has 1 heteroatoms. The van der Waals surface area contributed by atoms with Gasteiger partial charge in [-0.2, -0.15) is 0 Å². The molecule has 0 saturated heterocycles. The minimum Gasteiger partial charge on any atom is -0.392 e. The van der Waals surface area contributed by atoms with Crippen LogP contribution in [-0.2, 0) is 0 Å². The zero-order chi connectivity index (χ0) is 21.7. The number of aliphatic hydroxyl groups is 1. The fraction of sp³-hybridized carbons (Fsp3) is 0.862. The van der Waals surface area contributed by atoms with Crippen molar-refractivity contribution < 1.29 is 5.11 Å². The van der Waals surface area contributed by atoms with E-state index in [0.29, 0.717) is 10.8 Å². The van der Waals surface area contributed by atoms with E-state index in [9.17, 15) is 5.11 Å². The van der Waals surface area contributed by atoms with Crippen LogP contribution in [0.15, 0.2) is 23.3 Å². The van der Waals surface area contributed by atoms with E-state index in [4.69, 9.17) is 0 Å². The Morgan fingerprint density at radius 2 is 1.83 bits per heavy atom. The van der Waals surface area contributed by atoms with E-state index in [1.165, 1.54) is 63.4 Å². The summed E-state index contributed by atoms with van der Waals surface area (Å²) in [6.07, 6.45) is 19.4. The monoisotopic (exact) mass is 412 g/mol. The van der Waals surface area contributed by atoms with Crippen LogP contribution in [-0.4, -0.2) is 11.2 Å². The molecule has 3 saturated carbocycles. The third kappa shape index (κ3) is 3.37. The first-order valence-electron chi connectivity index (χ1n) is 13.2. The topological polar surface area (TPSA) is 20.2 Å². The summed E-state index contributed by atoms with van der Waals surface area (Å²) in [5.74, 6) is 3.61. The molecule has 4 rings (SSSR count). The summed E-state index contributed by atoms with van der Waals surface area (Å²) >= 11 is 0. The van der Waals surface area contributed by atoms with Gasteiger partial charge in [-0.3, -0.25) is 0 Å². The molecule has 0 bridgehead atoms. The molecule has 0 aromatic rings. The molecule has 1 nitrogen and oxygen atoms in total. The summed E-state index contributed by atoms with van der Waals surface area (Å²) in [5, 5.41) is 10.9. The van der Waals surface area contributed by atoms with Crippen LogP contribution in [0.5, 0.6) is 0 Å². The maximum atomic E-state index is 10.9. The van der Waals surface area contributed by atoms with Crippen molar-refractivity contribution in [3.63, 3.8) is 0 Å². The van der Waals surface area contributed by atoms with E-state index in [2.05, 4.69) is 53.7 Å². The van der Waals surface area contributed by atoms with Gasteiger partial charge in [-0.15, -0.1) is 0 Å². The first-order chi connectivity index (χ1) is 14.2. The molecule has 4 aliphatic rings. The smallest absolute Gasteiger partial charge is 0.0631 e. The Morgan fingerprint density at radius 1 is 1.07 bits per heavy atom.